The van der Waals surface area contributed by atoms with Gasteiger partial charge in [0.05, 0.1) is 28.0 Å². The number of carbonyl (C=O) groups is 1. The van der Waals surface area contributed by atoms with Crippen LogP contribution in [0.3, 0.4) is 0 Å². The fourth-order valence-corrected chi connectivity index (χ4v) is 5.98. The molecule has 2 heterocycles. The fraction of sp³-hybridized carbons (Fsp3) is 0.0417. The van der Waals surface area contributed by atoms with Crippen molar-refractivity contribution in [1.29, 1.82) is 0 Å². The number of thiocarbonyl (C=S) groups is 1. The number of amides is 1. The number of nitrogens with one attached hydrogen (secondary N) is 2. The summed E-state index contributed by atoms with van der Waals surface area (Å²) in [5.74, 6) is 0.233. The second kappa shape index (κ2) is 9.07. The molecule has 5 rings (SSSR count). The molecule has 2 aromatic heterocycles. The lowest BCUT2D eigenvalue weighted by Gasteiger charge is -2.13. The first-order valence-corrected chi connectivity index (χ1v) is 12.3. The Kier molecular flexibility index (Phi) is 5.99. The molecule has 9 heteroatoms. The highest BCUT2D eigenvalue weighted by atomic mass is 35.5. The summed E-state index contributed by atoms with van der Waals surface area (Å²) >= 11 is 14.8. The van der Waals surface area contributed by atoms with Gasteiger partial charge < -0.3 is 10.1 Å². The summed E-state index contributed by atoms with van der Waals surface area (Å²) in [5.41, 5.74) is 2.49. The van der Waals surface area contributed by atoms with Gasteiger partial charge in [-0.2, -0.15) is 0 Å². The van der Waals surface area contributed by atoms with Crippen LogP contribution in [0.1, 0.15) is 9.67 Å². The first-order chi connectivity index (χ1) is 16.0. The zero-order valence-corrected chi connectivity index (χ0v) is 20.4. The number of nitrogens with zero attached hydrogens (tertiary/aromatic N) is 1. The van der Waals surface area contributed by atoms with E-state index in [1.807, 2.05) is 66.7 Å². The molecule has 5 nitrogen and oxygen atoms in total. The molecule has 0 fully saturated rings. The van der Waals surface area contributed by atoms with E-state index in [2.05, 4.69) is 10.6 Å². The zero-order chi connectivity index (χ0) is 22.9. The number of hydrogen-bond acceptors (Lipinski definition) is 6. The third-order valence-corrected chi connectivity index (χ3v) is 7.92. The number of aromatic nitrogens is 1. The monoisotopic (exact) mass is 509 g/mol. The molecule has 2 N–H and O–H groups in total. The van der Waals surface area contributed by atoms with Crippen LogP contribution < -0.4 is 15.4 Å². The van der Waals surface area contributed by atoms with Crippen LogP contribution in [0.25, 0.3) is 30.9 Å². The third-order valence-electron chi connectivity index (χ3n) is 4.96. The highest BCUT2D eigenvalue weighted by molar-refractivity contribution is 7.80. The Morgan fingerprint density at radius 3 is 2.55 bits per heavy atom. The van der Waals surface area contributed by atoms with Crippen molar-refractivity contribution in [2.24, 2.45) is 0 Å². The average molecular weight is 510 g/mol. The van der Waals surface area contributed by atoms with Gasteiger partial charge in [-0.25, -0.2) is 4.98 Å². The third kappa shape index (κ3) is 4.30. The number of methoxy groups -OCH3 is 1. The molecule has 164 valence electrons. The van der Waals surface area contributed by atoms with Crippen molar-refractivity contribution >= 4 is 83.5 Å². The molecule has 0 aliphatic heterocycles. The Labute approximate surface area is 208 Å². The SMILES string of the molecule is COc1ccc(-c2nc3ccccc3s2)cc1NC(=S)NC(=O)c1sc2ccccc2c1Cl. The van der Waals surface area contributed by atoms with E-state index in [-0.39, 0.29) is 11.0 Å². The summed E-state index contributed by atoms with van der Waals surface area (Å²) in [4.78, 5) is 18.0. The van der Waals surface area contributed by atoms with Gasteiger partial charge in [-0.3, -0.25) is 10.1 Å². The molecule has 0 radical (unpaired) electrons. The maximum Gasteiger partial charge on any atom is 0.269 e. The minimum absolute atomic E-state index is 0.147. The molecule has 0 saturated carbocycles. The Balaban J connectivity index is 1.38. The van der Waals surface area contributed by atoms with Gasteiger partial charge in [0, 0.05) is 15.6 Å². The van der Waals surface area contributed by atoms with Crippen LogP contribution >= 0.6 is 46.5 Å². The highest BCUT2D eigenvalue weighted by Gasteiger charge is 2.18. The normalized spacial score (nSPS) is 11.0. The van der Waals surface area contributed by atoms with E-state index < -0.39 is 0 Å². The molecule has 0 atom stereocenters. The Hall–Kier alpha value is -3.04. The molecule has 33 heavy (non-hydrogen) atoms. The second-order valence-electron chi connectivity index (χ2n) is 7.05. The molecule has 0 bridgehead atoms. The number of anilines is 1. The topological polar surface area (TPSA) is 63.2 Å². The minimum atomic E-state index is -0.361. The van der Waals surface area contributed by atoms with Crippen LogP contribution in [0.4, 0.5) is 5.69 Å². The quantitative estimate of drug-likeness (QED) is 0.256. The molecular formula is C24H16ClN3O2S3. The van der Waals surface area contributed by atoms with Crippen LogP contribution in [0.2, 0.25) is 5.02 Å². The minimum Gasteiger partial charge on any atom is -0.495 e. The molecule has 5 aromatic rings. The fourth-order valence-electron chi connectivity index (χ4n) is 3.41. The van der Waals surface area contributed by atoms with Crippen molar-refractivity contribution in [3.63, 3.8) is 0 Å². The first-order valence-electron chi connectivity index (χ1n) is 9.87. The number of ether oxygens (including phenoxy) is 1. The van der Waals surface area contributed by atoms with Crippen LogP contribution in [-0.4, -0.2) is 23.1 Å². The summed E-state index contributed by atoms with van der Waals surface area (Å²) < 4.78 is 7.53. The summed E-state index contributed by atoms with van der Waals surface area (Å²) in [6.45, 7) is 0. The van der Waals surface area contributed by atoms with Gasteiger partial charge in [-0.1, -0.05) is 41.9 Å². The van der Waals surface area contributed by atoms with Crippen LogP contribution in [0, 0.1) is 0 Å². The predicted octanol–water partition coefficient (Wildman–Crippen LogP) is 6.97. The van der Waals surface area contributed by atoms with Crippen molar-refractivity contribution in [3.8, 4) is 16.3 Å². The number of halogens is 1. The van der Waals surface area contributed by atoms with Crippen molar-refractivity contribution in [2.75, 3.05) is 12.4 Å². The molecule has 3 aromatic carbocycles. The van der Waals surface area contributed by atoms with Crippen molar-refractivity contribution in [2.45, 2.75) is 0 Å². The lowest BCUT2D eigenvalue weighted by atomic mass is 10.2. The number of para-hydroxylation sites is 1. The average Bonchev–Trinajstić information content (AvgIpc) is 3.40. The summed E-state index contributed by atoms with van der Waals surface area (Å²) in [7, 11) is 1.58. The van der Waals surface area contributed by atoms with Crippen molar-refractivity contribution in [3.05, 3.63) is 76.6 Å². The van der Waals surface area contributed by atoms with Crippen LogP contribution in [0.15, 0.2) is 66.7 Å². The number of fused-ring (bicyclic) bond motifs is 2. The smallest absolute Gasteiger partial charge is 0.269 e. The highest BCUT2D eigenvalue weighted by Crippen LogP contribution is 2.36. The first kappa shape index (κ1) is 21.8. The van der Waals surface area contributed by atoms with E-state index in [9.17, 15) is 4.79 Å². The summed E-state index contributed by atoms with van der Waals surface area (Å²) in [6.07, 6.45) is 0. The van der Waals surface area contributed by atoms with Gasteiger partial charge in [-0.15, -0.1) is 22.7 Å². The van der Waals surface area contributed by atoms with Gasteiger partial charge in [0.15, 0.2) is 5.11 Å². The van der Waals surface area contributed by atoms with Crippen LogP contribution in [0.5, 0.6) is 5.75 Å². The zero-order valence-electron chi connectivity index (χ0n) is 17.2. The van der Waals surface area contributed by atoms with Gasteiger partial charge in [-0.05, 0) is 48.6 Å². The summed E-state index contributed by atoms with van der Waals surface area (Å²) in [6, 6.07) is 21.3. The summed E-state index contributed by atoms with van der Waals surface area (Å²) in [5, 5.41) is 8.09. The van der Waals surface area contributed by atoms with E-state index in [4.69, 9.17) is 33.5 Å². The Morgan fingerprint density at radius 2 is 1.79 bits per heavy atom. The van der Waals surface area contributed by atoms with Gasteiger partial charge in [0.1, 0.15) is 15.6 Å². The predicted molar refractivity (Wildman–Crippen MR) is 142 cm³/mol. The van der Waals surface area contributed by atoms with E-state index in [1.165, 1.54) is 11.3 Å². The standard InChI is InChI=1S/C24H16ClN3O2S3/c1-30-17-11-10-13(23-26-15-7-3-5-9-19(15)33-23)12-16(17)27-24(31)28-22(29)21-20(25)14-6-2-4-8-18(14)32-21/h2-12H,1H3,(H2,27,28,29,31). The molecule has 0 unspecified atom stereocenters. The lowest BCUT2D eigenvalue weighted by Crippen LogP contribution is -2.33. The number of benzene rings is 3. The number of rotatable bonds is 4. The number of hydrogen-bond donors (Lipinski definition) is 2. The molecule has 0 aliphatic rings. The van der Waals surface area contributed by atoms with Gasteiger partial charge in [0.2, 0.25) is 0 Å². The number of thiazole rings is 1. The molecular weight excluding hydrogens is 494 g/mol. The van der Waals surface area contributed by atoms with E-state index in [1.54, 1.807) is 18.4 Å². The maximum atomic E-state index is 12.8. The van der Waals surface area contributed by atoms with Gasteiger partial charge >= 0.3 is 0 Å². The van der Waals surface area contributed by atoms with Crippen molar-refractivity contribution < 1.29 is 9.53 Å². The lowest BCUT2D eigenvalue weighted by molar-refractivity contribution is 0.0982. The Bertz CT molecular complexity index is 1490. The van der Waals surface area contributed by atoms with Crippen molar-refractivity contribution in [1.82, 2.24) is 10.3 Å². The van der Waals surface area contributed by atoms with E-state index >= 15 is 0 Å². The Morgan fingerprint density at radius 1 is 1.03 bits per heavy atom. The van der Waals surface area contributed by atoms with Gasteiger partial charge in [0.25, 0.3) is 5.91 Å². The number of carbonyl (C=O) groups excluding carboxylic acids is 1. The molecule has 0 saturated heterocycles. The largest absolute Gasteiger partial charge is 0.495 e. The van der Waals surface area contributed by atoms with E-state index in [0.29, 0.717) is 21.3 Å². The van der Waals surface area contributed by atoms with E-state index in [0.717, 1.165) is 30.9 Å². The van der Waals surface area contributed by atoms with Crippen LogP contribution in [-0.2, 0) is 0 Å². The molecule has 0 aliphatic carbocycles. The molecule has 1 amide bonds. The second-order valence-corrected chi connectivity index (χ2v) is 9.92. The molecule has 0 spiro atoms. The maximum absolute atomic E-state index is 12.8. The number of thiophene rings is 1.